The summed E-state index contributed by atoms with van der Waals surface area (Å²) in [5, 5.41) is 2.98. The number of nitrogens with zero attached hydrogens (tertiary/aromatic N) is 1. The molecule has 0 aliphatic rings. The molecule has 3 amide bonds. The van der Waals surface area contributed by atoms with Gasteiger partial charge in [0, 0.05) is 30.7 Å². The van der Waals surface area contributed by atoms with Crippen LogP contribution in [0.4, 0.5) is 10.5 Å². The Morgan fingerprint density at radius 2 is 2.11 bits per heavy atom. The molecule has 0 heterocycles. The van der Waals surface area contributed by atoms with Gasteiger partial charge in [0.2, 0.25) is 5.91 Å². The van der Waals surface area contributed by atoms with E-state index in [1.165, 1.54) is 4.90 Å². The van der Waals surface area contributed by atoms with E-state index in [0.717, 1.165) is 11.3 Å². The molecule has 18 heavy (non-hydrogen) atoms. The predicted octanol–water partition coefficient (Wildman–Crippen LogP) is 1.67. The average Bonchev–Trinajstić information content (AvgIpc) is 2.31. The van der Waals surface area contributed by atoms with Crippen LogP contribution >= 0.6 is 11.6 Å². The second-order valence-corrected chi connectivity index (χ2v) is 4.33. The van der Waals surface area contributed by atoms with Gasteiger partial charge in [0.1, 0.15) is 0 Å². The summed E-state index contributed by atoms with van der Waals surface area (Å²) in [4.78, 5) is 23.8. The monoisotopic (exact) mass is 269 g/mol. The number of halogens is 1. The van der Waals surface area contributed by atoms with Gasteiger partial charge in [0.25, 0.3) is 0 Å². The minimum absolute atomic E-state index is 0.122. The fraction of sp³-hybridized carbons (Fsp3) is 0.333. The second-order valence-electron chi connectivity index (χ2n) is 3.93. The number of hydrogen-bond donors (Lipinski definition) is 2. The maximum absolute atomic E-state index is 11.8. The SMILES string of the molecule is Cc1ccc(N(C)C(=O)CCNC(N)=O)cc1Cl. The van der Waals surface area contributed by atoms with Crippen molar-refractivity contribution in [3.05, 3.63) is 28.8 Å². The van der Waals surface area contributed by atoms with Gasteiger partial charge in [-0.15, -0.1) is 0 Å². The molecule has 0 aliphatic carbocycles. The van der Waals surface area contributed by atoms with E-state index >= 15 is 0 Å². The Bertz CT molecular complexity index is 463. The highest BCUT2D eigenvalue weighted by molar-refractivity contribution is 6.31. The summed E-state index contributed by atoms with van der Waals surface area (Å²) < 4.78 is 0. The maximum Gasteiger partial charge on any atom is 0.312 e. The van der Waals surface area contributed by atoms with E-state index in [1.807, 2.05) is 19.1 Å². The van der Waals surface area contributed by atoms with E-state index in [2.05, 4.69) is 5.32 Å². The number of aryl methyl sites for hydroxylation is 1. The fourth-order valence-electron chi connectivity index (χ4n) is 1.39. The Hall–Kier alpha value is -1.75. The molecular weight excluding hydrogens is 254 g/mol. The van der Waals surface area contributed by atoms with Gasteiger partial charge in [0.05, 0.1) is 0 Å². The van der Waals surface area contributed by atoms with Crippen molar-refractivity contribution < 1.29 is 9.59 Å². The van der Waals surface area contributed by atoms with Gasteiger partial charge in [-0.1, -0.05) is 17.7 Å². The van der Waals surface area contributed by atoms with Gasteiger partial charge in [-0.3, -0.25) is 4.79 Å². The molecule has 6 heteroatoms. The first-order chi connectivity index (χ1) is 8.41. The zero-order chi connectivity index (χ0) is 13.7. The van der Waals surface area contributed by atoms with E-state index in [1.54, 1.807) is 13.1 Å². The van der Waals surface area contributed by atoms with Crippen LogP contribution in [0.5, 0.6) is 0 Å². The molecule has 0 fully saturated rings. The normalized spacial score (nSPS) is 9.94. The van der Waals surface area contributed by atoms with Crippen LogP contribution in [0.15, 0.2) is 18.2 Å². The molecule has 0 unspecified atom stereocenters. The standard InChI is InChI=1S/C12H16ClN3O2/c1-8-3-4-9(7-10(8)13)16(2)11(17)5-6-15-12(14)18/h3-4,7H,5-6H2,1-2H3,(H3,14,15,18). The molecule has 0 aromatic heterocycles. The summed E-state index contributed by atoms with van der Waals surface area (Å²) >= 11 is 6.00. The Kier molecular flexibility index (Phi) is 4.97. The minimum atomic E-state index is -0.635. The first-order valence-electron chi connectivity index (χ1n) is 5.48. The molecule has 1 aromatic carbocycles. The summed E-state index contributed by atoms with van der Waals surface area (Å²) in [5.41, 5.74) is 6.58. The second kappa shape index (κ2) is 6.26. The van der Waals surface area contributed by atoms with Crippen LogP contribution in [0, 0.1) is 6.92 Å². The van der Waals surface area contributed by atoms with E-state index in [9.17, 15) is 9.59 Å². The smallest absolute Gasteiger partial charge is 0.312 e. The van der Waals surface area contributed by atoms with Crippen molar-refractivity contribution in [3.8, 4) is 0 Å². The zero-order valence-corrected chi connectivity index (χ0v) is 11.1. The lowest BCUT2D eigenvalue weighted by Gasteiger charge is -2.18. The van der Waals surface area contributed by atoms with E-state index in [-0.39, 0.29) is 18.9 Å². The van der Waals surface area contributed by atoms with Crippen molar-refractivity contribution in [1.29, 1.82) is 0 Å². The minimum Gasteiger partial charge on any atom is -0.352 e. The van der Waals surface area contributed by atoms with Crippen LogP contribution < -0.4 is 16.0 Å². The van der Waals surface area contributed by atoms with Crippen LogP contribution in [0.2, 0.25) is 5.02 Å². The van der Waals surface area contributed by atoms with Crippen LogP contribution in [0.1, 0.15) is 12.0 Å². The number of urea groups is 1. The highest BCUT2D eigenvalue weighted by atomic mass is 35.5. The third kappa shape index (κ3) is 3.92. The molecule has 1 rings (SSSR count). The number of benzene rings is 1. The molecule has 0 atom stereocenters. The molecule has 0 radical (unpaired) electrons. The van der Waals surface area contributed by atoms with E-state index in [0.29, 0.717) is 5.02 Å². The summed E-state index contributed by atoms with van der Waals surface area (Å²) in [7, 11) is 1.66. The lowest BCUT2D eigenvalue weighted by molar-refractivity contribution is -0.118. The topological polar surface area (TPSA) is 75.4 Å². The third-order valence-corrected chi connectivity index (χ3v) is 2.96. The van der Waals surface area contributed by atoms with Gasteiger partial charge in [-0.25, -0.2) is 4.79 Å². The van der Waals surface area contributed by atoms with Crippen molar-refractivity contribution in [2.45, 2.75) is 13.3 Å². The Labute approximate surface area is 111 Å². The highest BCUT2D eigenvalue weighted by Crippen LogP contribution is 2.22. The van der Waals surface area contributed by atoms with Crippen LogP contribution in [0.3, 0.4) is 0 Å². The number of carbonyl (C=O) groups excluding carboxylic acids is 2. The Balaban J connectivity index is 2.62. The number of hydrogen-bond acceptors (Lipinski definition) is 2. The summed E-state index contributed by atoms with van der Waals surface area (Å²) in [6.45, 7) is 2.11. The summed E-state index contributed by atoms with van der Waals surface area (Å²) in [5.74, 6) is -0.122. The molecule has 0 saturated heterocycles. The van der Waals surface area contributed by atoms with Gasteiger partial charge < -0.3 is 16.0 Å². The molecule has 1 aromatic rings. The quantitative estimate of drug-likeness (QED) is 0.872. The first kappa shape index (κ1) is 14.3. The predicted molar refractivity (Wildman–Crippen MR) is 71.8 cm³/mol. The lowest BCUT2D eigenvalue weighted by atomic mass is 10.2. The Morgan fingerprint density at radius 3 is 2.67 bits per heavy atom. The van der Waals surface area contributed by atoms with Crippen LogP contribution in [0.25, 0.3) is 0 Å². The number of amides is 3. The first-order valence-corrected chi connectivity index (χ1v) is 5.85. The molecular formula is C12H16ClN3O2. The van der Waals surface area contributed by atoms with Crippen LogP contribution in [-0.4, -0.2) is 25.5 Å². The zero-order valence-electron chi connectivity index (χ0n) is 10.4. The largest absolute Gasteiger partial charge is 0.352 e. The number of primary amides is 1. The molecule has 0 bridgehead atoms. The van der Waals surface area contributed by atoms with Crippen molar-refractivity contribution in [3.63, 3.8) is 0 Å². The fourth-order valence-corrected chi connectivity index (χ4v) is 1.57. The molecule has 0 spiro atoms. The van der Waals surface area contributed by atoms with E-state index < -0.39 is 6.03 Å². The van der Waals surface area contributed by atoms with E-state index in [4.69, 9.17) is 17.3 Å². The molecule has 0 aliphatic heterocycles. The molecule has 5 nitrogen and oxygen atoms in total. The van der Waals surface area contributed by atoms with Gasteiger partial charge >= 0.3 is 6.03 Å². The van der Waals surface area contributed by atoms with Crippen molar-refractivity contribution in [2.75, 3.05) is 18.5 Å². The van der Waals surface area contributed by atoms with Gasteiger partial charge in [-0.05, 0) is 24.6 Å². The summed E-state index contributed by atoms with van der Waals surface area (Å²) in [6.07, 6.45) is 0.185. The average molecular weight is 270 g/mol. The summed E-state index contributed by atoms with van der Waals surface area (Å²) in [6, 6.07) is 4.77. The number of nitrogens with two attached hydrogens (primary N) is 1. The molecule has 98 valence electrons. The van der Waals surface area contributed by atoms with Crippen molar-refractivity contribution in [1.82, 2.24) is 5.32 Å². The molecule has 3 N–H and O–H groups in total. The molecule has 0 saturated carbocycles. The maximum atomic E-state index is 11.8. The van der Waals surface area contributed by atoms with Crippen molar-refractivity contribution in [2.24, 2.45) is 5.73 Å². The van der Waals surface area contributed by atoms with Gasteiger partial charge in [0.15, 0.2) is 0 Å². The number of anilines is 1. The van der Waals surface area contributed by atoms with Gasteiger partial charge in [-0.2, -0.15) is 0 Å². The number of rotatable bonds is 4. The Morgan fingerprint density at radius 1 is 1.44 bits per heavy atom. The lowest BCUT2D eigenvalue weighted by Crippen LogP contribution is -2.34. The number of carbonyl (C=O) groups is 2. The van der Waals surface area contributed by atoms with Crippen molar-refractivity contribution >= 4 is 29.2 Å². The third-order valence-electron chi connectivity index (χ3n) is 2.55. The van der Waals surface area contributed by atoms with Crippen LogP contribution in [-0.2, 0) is 4.79 Å². The highest BCUT2D eigenvalue weighted by Gasteiger charge is 2.11. The number of nitrogens with one attached hydrogen (secondary N) is 1.